The van der Waals surface area contributed by atoms with Crippen LogP contribution in [-0.4, -0.2) is 28.9 Å². The second-order valence-electron chi connectivity index (χ2n) is 6.98. The van der Waals surface area contributed by atoms with Crippen molar-refractivity contribution in [2.24, 2.45) is 23.0 Å². The minimum Gasteiger partial charge on any atom is -0.480 e. The van der Waals surface area contributed by atoms with E-state index in [-0.39, 0.29) is 23.7 Å². The fourth-order valence-corrected chi connectivity index (χ4v) is 2.91. The Kier molecular flexibility index (Phi) is 5.75. The zero-order valence-electron chi connectivity index (χ0n) is 13.0. The average Bonchev–Trinajstić information content (AvgIpc) is 2.36. The molecular formula is C15H26N2O4. The van der Waals surface area contributed by atoms with Crippen LogP contribution in [0, 0.1) is 17.3 Å². The lowest BCUT2D eigenvalue weighted by atomic mass is 9.69. The molecule has 0 aliphatic heterocycles. The number of carbonyl (C=O) groups excluding carboxylic acids is 2. The number of aliphatic carboxylic acids is 1. The van der Waals surface area contributed by atoms with Crippen molar-refractivity contribution in [3.63, 3.8) is 0 Å². The molecule has 6 nitrogen and oxygen atoms in total. The van der Waals surface area contributed by atoms with Crippen molar-refractivity contribution in [1.29, 1.82) is 0 Å². The quantitative estimate of drug-likeness (QED) is 0.710. The van der Waals surface area contributed by atoms with E-state index in [0.29, 0.717) is 5.92 Å². The van der Waals surface area contributed by atoms with Crippen LogP contribution < -0.4 is 11.1 Å². The number of carboxylic acids is 1. The maximum Gasteiger partial charge on any atom is 0.326 e. The highest BCUT2D eigenvalue weighted by molar-refractivity contribution is 5.88. The Labute approximate surface area is 125 Å². The van der Waals surface area contributed by atoms with Gasteiger partial charge in [0, 0.05) is 5.92 Å². The van der Waals surface area contributed by atoms with Crippen molar-refractivity contribution in [1.82, 2.24) is 5.32 Å². The zero-order chi connectivity index (χ0) is 16.2. The predicted octanol–water partition coefficient (Wildman–Crippen LogP) is 1.28. The van der Waals surface area contributed by atoms with Gasteiger partial charge in [-0.2, -0.15) is 0 Å². The summed E-state index contributed by atoms with van der Waals surface area (Å²) in [6, 6.07) is -1.23. The number of carboxylic acid groups (broad SMARTS) is 1. The highest BCUT2D eigenvalue weighted by Gasteiger charge is 2.33. The van der Waals surface area contributed by atoms with Crippen molar-refractivity contribution in [2.75, 3.05) is 0 Å². The van der Waals surface area contributed by atoms with Gasteiger partial charge in [0.25, 0.3) is 0 Å². The lowest BCUT2D eigenvalue weighted by Crippen LogP contribution is -2.46. The third-order valence-electron chi connectivity index (χ3n) is 4.34. The predicted molar refractivity (Wildman–Crippen MR) is 78.3 cm³/mol. The molecule has 4 N–H and O–H groups in total. The summed E-state index contributed by atoms with van der Waals surface area (Å²) in [7, 11) is 0. The molecule has 1 atom stereocenters. The molecule has 0 aromatic heterocycles. The molecule has 1 unspecified atom stereocenters. The summed E-state index contributed by atoms with van der Waals surface area (Å²) in [5.41, 5.74) is 5.23. The molecule has 1 saturated carbocycles. The van der Waals surface area contributed by atoms with Gasteiger partial charge < -0.3 is 16.2 Å². The number of amides is 2. The van der Waals surface area contributed by atoms with Gasteiger partial charge in [-0.3, -0.25) is 9.59 Å². The van der Waals surface area contributed by atoms with E-state index < -0.39 is 17.9 Å². The summed E-state index contributed by atoms with van der Waals surface area (Å²) >= 11 is 0. The molecule has 0 spiro atoms. The Morgan fingerprint density at radius 1 is 1.19 bits per heavy atom. The number of nitrogens with one attached hydrogen (secondary N) is 1. The Hall–Kier alpha value is -1.59. The van der Waals surface area contributed by atoms with Crippen molar-refractivity contribution in [2.45, 2.75) is 58.9 Å². The molecule has 0 bridgehead atoms. The second kappa shape index (κ2) is 6.91. The van der Waals surface area contributed by atoms with E-state index in [1.165, 1.54) is 0 Å². The van der Waals surface area contributed by atoms with Gasteiger partial charge in [-0.1, -0.05) is 20.8 Å². The van der Waals surface area contributed by atoms with Crippen molar-refractivity contribution < 1.29 is 19.5 Å². The smallest absolute Gasteiger partial charge is 0.326 e. The van der Waals surface area contributed by atoms with Crippen LogP contribution in [0.3, 0.4) is 0 Å². The molecule has 2 amide bonds. The summed E-state index contributed by atoms with van der Waals surface area (Å²) in [5.74, 6) is -1.83. The Morgan fingerprint density at radius 2 is 1.71 bits per heavy atom. The molecule has 0 radical (unpaired) electrons. The van der Waals surface area contributed by atoms with E-state index in [1.54, 1.807) is 0 Å². The van der Waals surface area contributed by atoms with Crippen molar-refractivity contribution >= 4 is 17.8 Å². The Bertz CT molecular complexity index is 406. The molecule has 0 heterocycles. The van der Waals surface area contributed by atoms with Crippen LogP contribution >= 0.6 is 0 Å². The Balaban J connectivity index is 2.53. The van der Waals surface area contributed by atoms with Gasteiger partial charge in [-0.05, 0) is 37.0 Å². The maximum atomic E-state index is 12.1. The van der Waals surface area contributed by atoms with E-state index in [0.717, 1.165) is 25.7 Å². The SMILES string of the molecule is CC(C)(C)C1CCC(C(=O)NC(CC(N)=O)C(=O)O)CC1. The molecule has 1 aliphatic carbocycles. The molecule has 21 heavy (non-hydrogen) atoms. The maximum absolute atomic E-state index is 12.1. The lowest BCUT2D eigenvalue weighted by Gasteiger charge is -2.36. The van der Waals surface area contributed by atoms with Gasteiger partial charge in [0.1, 0.15) is 6.04 Å². The molecular weight excluding hydrogens is 272 g/mol. The lowest BCUT2D eigenvalue weighted by molar-refractivity contribution is -0.144. The number of carbonyl (C=O) groups is 3. The zero-order valence-corrected chi connectivity index (χ0v) is 13.0. The van der Waals surface area contributed by atoms with E-state index in [9.17, 15) is 14.4 Å². The highest BCUT2D eigenvalue weighted by atomic mass is 16.4. The molecule has 1 aliphatic rings. The van der Waals surface area contributed by atoms with Crippen molar-refractivity contribution in [3.05, 3.63) is 0 Å². The van der Waals surface area contributed by atoms with Crippen LogP contribution in [0.5, 0.6) is 0 Å². The van der Waals surface area contributed by atoms with Gasteiger partial charge in [-0.15, -0.1) is 0 Å². The van der Waals surface area contributed by atoms with Gasteiger partial charge in [0.2, 0.25) is 11.8 Å². The third kappa shape index (κ3) is 5.36. The summed E-state index contributed by atoms with van der Waals surface area (Å²) < 4.78 is 0. The van der Waals surface area contributed by atoms with Gasteiger partial charge in [-0.25, -0.2) is 4.79 Å². The summed E-state index contributed by atoms with van der Waals surface area (Å²) in [5, 5.41) is 11.4. The van der Waals surface area contributed by atoms with Crippen molar-refractivity contribution in [3.8, 4) is 0 Å². The molecule has 6 heteroatoms. The molecule has 0 aromatic rings. The first-order valence-corrected chi connectivity index (χ1v) is 7.42. The topological polar surface area (TPSA) is 109 Å². The number of nitrogens with two attached hydrogens (primary N) is 1. The van der Waals surface area contributed by atoms with Crippen LogP contribution in [0.4, 0.5) is 0 Å². The molecule has 1 rings (SSSR count). The summed E-state index contributed by atoms with van der Waals surface area (Å²) in [6.45, 7) is 6.60. The van der Waals surface area contributed by atoms with Crippen LogP contribution in [0.15, 0.2) is 0 Å². The number of hydrogen-bond donors (Lipinski definition) is 3. The van der Waals surface area contributed by atoms with Gasteiger partial charge in [0.15, 0.2) is 0 Å². The molecule has 120 valence electrons. The van der Waals surface area contributed by atoms with E-state index in [1.807, 2.05) is 0 Å². The second-order valence-corrected chi connectivity index (χ2v) is 6.98. The fraction of sp³-hybridized carbons (Fsp3) is 0.800. The van der Waals surface area contributed by atoms with Gasteiger partial charge >= 0.3 is 5.97 Å². The minimum absolute atomic E-state index is 0.168. The average molecular weight is 298 g/mol. The molecule has 1 fully saturated rings. The summed E-state index contributed by atoms with van der Waals surface area (Å²) in [6.07, 6.45) is 3.08. The normalized spacial score (nSPS) is 24.1. The number of hydrogen-bond acceptors (Lipinski definition) is 3. The highest BCUT2D eigenvalue weighted by Crippen LogP contribution is 2.39. The first-order chi connectivity index (χ1) is 9.61. The standard InChI is InChI=1S/C15H26N2O4/c1-15(2,3)10-6-4-9(5-7-10)13(19)17-11(14(20)21)8-12(16)18/h9-11H,4-8H2,1-3H3,(H2,16,18)(H,17,19)(H,20,21). The van der Waals surface area contributed by atoms with Crippen LogP contribution in [0.25, 0.3) is 0 Å². The molecule has 0 aromatic carbocycles. The first-order valence-electron chi connectivity index (χ1n) is 7.42. The van der Waals surface area contributed by atoms with Crippen LogP contribution in [0.2, 0.25) is 0 Å². The monoisotopic (exact) mass is 298 g/mol. The number of rotatable bonds is 5. The first kappa shape index (κ1) is 17.5. The third-order valence-corrected chi connectivity index (χ3v) is 4.34. The van der Waals surface area contributed by atoms with Crippen LogP contribution in [0.1, 0.15) is 52.9 Å². The summed E-state index contributed by atoms with van der Waals surface area (Å²) in [4.78, 5) is 34.0. The van der Waals surface area contributed by atoms with Gasteiger partial charge in [0.05, 0.1) is 6.42 Å². The molecule has 0 saturated heterocycles. The van der Waals surface area contributed by atoms with Crippen LogP contribution in [-0.2, 0) is 14.4 Å². The minimum atomic E-state index is -1.23. The van der Waals surface area contributed by atoms with E-state index in [4.69, 9.17) is 10.8 Å². The fourth-order valence-electron chi connectivity index (χ4n) is 2.91. The van der Waals surface area contributed by atoms with E-state index in [2.05, 4.69) is 26.1 Å². The largest absolute Gasteiger partial charge is 0.480 e. The number of primary amides is 1. The van der Waals surface area contributed by atoms with E-state index >= 15 is 0 Å². The Morgan fingerprint density at radius 3 is 2.10 bits per heavy atom.